The number of carbonyl (C=O) groups excluding carboxylic acids is 2. The number of ether oxygens (including phenoxy) is 1. The minimum atomic E-state index is -3.83. The molecule has 2 N–H and O–H groups in total. The second-order valence-corrected chi connectivity index (χ2v) is 18.6. The number of carbonyl (C=O) groups is 2. The van der Waals surface area contributed by atoms with Gasteiger partial charge in [0.2, 0.25) is 15.9 Å². The summed E-state index contributed by atoms with van der Waals surface area (Å²) < 4.78 is 35.8. The van der Waals surface area contributed by atoms with Gasteiger partial charge in [0.1, 0.15) is 5.75 Å². The molecule has 1 saturated carbocycles. The smallest absolute Gasteiger partial charge is 0.264 e. The highest BCUT2D eigenvalue weighted by Gasteiger charge is 2.42. The van der Waals surface area contributed by atoms with Gasteiger partial charge in [-0.1, -0.05) is 43.5 Å². The molecule has 1 atom stereocenters. The second kappa shape index (κ2) is 14.3. The molecule has 9 nitrogen and oxygen atoms in total. The van der Waals surface area contributed by atoms with Crippen LogP contribution in [0.1, 0.15) is 111 Å². The highest BCUT2D eigenvalue weighted by molar-refractivity contribution is 7.90. The van der Waals surface area contributed by atoms with Gasteiger partial charge in [-0.25, -0.2) is 13.1 Å². The van der Waals surface area contributed by atoms with Gasteiger partial charge in [-0.15, -0.1) is 0 Å². The van der Waals surface area contributed by atoms with E-state index in [4.69, 9.17) is 4.74 Å². The molecule has 2 fully saturated rings. The van der Waals surface area contributed by atoms with Gasteiger partial charge < -0.3 is 19.2 Å². The fraction of sp³-hybridized carbons (Fsp3) is 0.455. The predicted octanol–water partition coefficient (Wildman–Crippen LogP) is 8.67. The maximum Gasteiger partial charge on any atom is 0.264 e. The van der Waals surface area contributed by atoms with Crippen LogP contribution >= 0.6 is 0 Å². The lowest BCUT2D eigenvalue weighted by Gasteiger charge is -2.40. The highest BCUT2D eigenvalue weighted by Crippen LogP contribution is 2.48. The van der Waals surface area contributed by atoms with E-state index in [0.29, 0.717) is 37.9 Å². The summed E-state index contributed by atoms with van der Waals surface area (Å²) in [4.78, 5) is 34.0. The van der Waals surface area contributed by atoms with Gasteiger partial charge in [0.15, 0.2) is 0 Å². The molecule has 0 radical (unpaired) electrons. The number of aryl methyl sites for hydroxylation is 1. The Morgan fingerprint density at radius 3 is 2.43 bits per heavy atom. The van der Waals surface area contributed by atoms with E-state index >= 15 is 0 Å². The number of nitrogens with zero attached hydrogens (tertiary/aromatic N) is 2. The van der Waals surface area contributed by atoms with Gasteiger partial charge in [-0.3, -0.25) is 9.59 Å². The topological polar surface area (TPSA) is 114 Å². The average molecular weight is 749 g/mol. The number of H-pyrrole nitrogens is 1. The van der Waals surface area contributed by atoms with Gasteiger partial charge >= 0.3 is 0 Å². The van der Waals surface area contributed by atoms with Gasteiger partial charge in [-0.2, -0.15) is 0 Å². The number of benzene rings is 3. The van der Waals surface area contributed by atoms with Gasteiger partial charge in [0, 0.05) is 58.8 Å². The maximum atomic E-state index is 15.0. The third kappa shape index (κ3) is 6.50. The van der Waals surface area contributed by atoms with Crippen LogP contribution in [0.15, 0.2) is 66.9 Å². The van der Waals surface area contributed by atoms with Crippen molar-refractivity contribution in [1.82, 2.24) is 19.2 Å². The Morgan fingerprint density at radius 2 is 1.69 bits per heavy atom. The van der Waals surface area contributed by atoms with E-state index in [1.165, 1.54) is 22.9 Å². The lowest BCUT2D eigenvalue weighted by atomic mass is 9.77. The van der Waals surface area contributed by atoms with Crippen molar-refractivity contribution in [2.45, 2.75) is 102 Å². The first-order chi connectivity index (χ1) is 26.0. The zero-order valence-corrected chi connectivity index (χ0v) is 32.7. The van der Waals surface area contributed by atoms with Crippen molar-refractivity contribution in [2.24, 2.45) is 5.41 Å². The number of methoxy groups -OCH3 is 1. The molecule has 1 unspecified atom stereocenters. The Morgan fingerprint density at radius 1 is 0.926 bits per heavy atom. The van der Waals surface area contributed by atoms with E-state index in [1.54, 1.807) is 27.0 Å². The fourth-order valence-corrected chi connectivity index (χ4v) is 10.0. The molecule has 0 bridgehead atoms. The Kier molecular flexibility index (Phi) is 9.61. The first-order valence-electron chi connectivity index (χ1n) is 19.7. The van der Waals surface area contributed by atoms with Crippen molar-refractivity contribution in [3.8, 4) is 17.0 Å². The number of nitrogens with one attached hydrogen (secondary N) is 2. The van der Waals surface area contributed by atoms with Crippen molar-refractivity contribution in [3.63, 3.8) is 0 Å². The van der Waals surface area contributed by atoms with Crippen molar-refractivity contribution in [3.05, 3.63) is 89.1 Å². The molecule has 1 aliphatic carbocycles. The van der Waals surface area contributed by atoms with E-state index in [0.717, 1.165) is 83.9 Å². The molecule has 8 rings (SSSR count). The minimum absolute atomic E-state index is 0.162. The molecule has 54 heavy (non-hydrogen) atoms. The fourth-order valence-electron chi connectivity index (χ4n) is 9.44. The summed E-state index contributed by atoms with van der Waals surface area (Å²) >= 11 is 0. The number of para-hydroxylation sites is 1. The van der Waals surface area contributed by atoms with Crippen molar-refractivity contribution in [2.75, 3.05) is 20.2 Å². The Hall–Kier alpha value is -4.57. The lowest BCUT2D eigenvalue weighted by molar-refractivity contribution is -0.143. The van der Waals surface area contributed by atoms with Crippen LogP contribution in [0, 0.1) is 5.41 Å². The number of piperidine rings is 1. The summed E-state index contributed by atoms with van der Waals surface area (Å²) in [5.74, 6) is 1.02. The number of aromatic amines is 1. The number of rotatable bonds is 7. The number of hydrogen-bond acceptors (Lipinski definition) is 5. The van der Waals surface area contributed by atoms with Crippen LogP contribution in [0.25, 0.3) is 33.1 Å². The number of hydrogen-bond donors (Lipinski definition) is 2. The number of sulfonamides is 1. The van der Waals surface area contributed by atoms with Crippen LogP contribution in [0.5, 0.6) is 5.75 Å². The summed E-state index contributed by atoms with van der Waals surface area (Å²) in [5, 5.41) is 1.58. The van der Waals surface area contributed by atoms with Gasteiger partial charge in [-0.05, 0) is 124 Å². The Bertz CT molecular complexity index is 2340. The monoisotopic (exact) mass is 748 g/mol. The van der Waals surface area contributed by atoms with E-state index in [-0.39, 0.29) is 11.5 Å². The van der Waals surface area contributed by atoms with Crippen LogP contribution < -0.4 is 9.46 Å². The van der Waals surface area contributed by atoms with Crippen LogP contribution in [0.2, 0.25) is 0 Å². The van der Waals surface area contributed by atoms with Crippen molar-refractivity contribution >= 4 is 43.6 Å². The molecule has 10 heteroatoms. The normalized spacial score (nSPS) is 20.1. The summed E-state index contributed by atoms with van der Waals surface area (Å²) in [7, 11) is -2.14. The molecular weight excluding hydrogens is 697 g/mol. The largest absolute Gasteiger partial charge is 0.497 e. The highest BCUT2D eigenvalue weighted by atomic mass is 32.2. The summed E-state index contributed by atoms with van der Waals surface area (Å²) in [5.41, 5.74) is 7.55. The van der Waals surface area contributed by atoms with Crippen LogP contribution in [-0.4, -0.2) is 60.1 Å². The standard InChI is InChI=1S/C44H52N4O5S/c1-28(2)54(51,52)46-42(49)32-14-16-36-39(25-32)48-27-44(3,43(50)47-22-19-29(20-23-47)37-26-45-38-13-9-8-12-35(37)38)21-18-31-24-33(53-4)15-17-34(31)41(48)40(36)30-10-6-5-7-11-30/h8-9,12-17,24-26,28-30,45H,5-7,10-11,18-23,27H2,1-4H3,(H,46,49). The maximum absolute atomic E-state index is 15.0. The minimum Gasteiger partial charge on any atom is -0.497 e. The molecule has 2 amide bonds. The number of aromatic nitrogens is 2. The molecule has 3 aromatic carbocycles. The third-order valence-electron chi connectivity index (χ3n) is 12.6. The first-order valence-corrected chi connectivity index (χ1v) is 21.3. The molecule has 2 aromatic heterocycles. The average Bonchev–Trinajstić information content (AvgIpc) is 3.75. The quantitative estimate of drug-likeness (QED) is 0.173. The van der Waals surface area contributed by atoms with E-state index in [2.05, 4.69) is 68.7 Å². The number of fused-ring (bicyclic) bond motifs is 6. The molecule has 2 aliphatic heterocycles. The summed E-state index contributed by atoms with van der Waals surface area (Å²) in [6.07, 6.45) is 11.0. The number of likely N-dealkylation sites (tertiary alicyclic amines) is 1. The van der Waals surface area contributed by atoms with Crippen LogP contribution in [0.4, 0.5) is 0 Å². The lowest BCUT2D eigenvalue weighted by Crippen LogP contribution is -2.48. The molecule has 1 saturated heterocycles. The molecule has 4 heterocycles. The second-order valence-electron chi connectivity index (χ2n) is 16.4. The first kappa shape index (κ1) is 36.4. The van der Waals surface area contributed by atoms with E-state index in [9.17, 15) is 18.0 Å². The third-order valence-corrected chi connectivity index (χ3v) is 14.3. The zero-order valence-electron chi connectivity index (χ0n) is 31.9. The summed E-state index contributed by atoms with van der Waals surface area (Å²) in [6.45, 7) is 7.08. The van der Waals surface area contributed by atoms with Crippen molar-refractivity contribution < 1.29 is 22.7 Å². The molecule has 3 aliphatic rings. The van der Waals surface area contributed by atoms with E-state index in [1.807, 2.05) is 18.2 Å². The van der Waals surface area contributed by atoms with E-state index < -0.39 is 26.6 Å². The Balaban J connectivity index is 1.21. The predicted molar refractivity (Wildman–Crippen MR) is 215 cm³/mol. The SMILES string of the molecule is COc1ccc2c(c1)CCC(C)(C(=O)N1CCC(c3c[nH]c4ccccc34)CC1)Cn1c-2c(C2CCCCC2)c2ccc(C(=O)NS(=O)(=O)C(C)C)cc21. The molecule has 0 spiro atoms. The molecule has 284 valence electrons. The Labute approximate surface area is 318 Å². The number of amides is 2. The van der Waals surface area contributed by atoms with Crippen LogP contribution in [0.3, 0.4) is 0 Å². The molecular formula is C44H52N4O5S. The van der Waals surface area contributed by atoms with Gasteiger partial charge in [0.25, 0.3) is 5.91 Å². The summed E-state index contributed by atoms with van der Waals surface area (Å²) in [6, 6.07) is 20.3. The molecule has 5 aromatic rings. The zero-order chi connectivity index (χ0) is 37.8. The van der Waals surface area contributed by atoms with Crippen molar-refractivity contribution in [1.29, 1.82) is 0 Å². The van der Waals surface area contributed by atoms with Crippen LogP contribution in [-0.2, 0) is 27.8 Å². The van der Waals surface area contributed by atoms with Gasteiger partial charge in [0.05, 0.1) is 23.5 Å².